The molecule has 2 heterocycles. The number of hydrogen-bond acceptors (Lipinski definition) is 2. The van der Waals surface area contributed by atoms with Crippen molar-refractivity contribution in [1.29, 1.82) is 0 Å². The first-order valence-corrected chi connectivity index (χ1v) is 10.7. The third kappa shape index (κ3) is 3.83. The average molecular weight is 355 g/mol. The molecule has 1 unspecified atom stereocenters. The van der Waals surface area contributed by atoms with E-state index in [0.29, 0.717) is 11.5 Å². The van der Waals surface area contributed by atoms with E-state index in [1.54, 1.807) is 6.92 Å². The van der Waals surface area contributed by atoms with Crippen molar-refractivity contribution < 1.29 is 4.79 Å². The highest BCUT2D eigenvalue weighted by molar-refractivity contribution is 5.74. The molecule has 4 rings (SSSR count). The maximum absolute atomic E-state index is 12.3. The van der Waals surface area contributed by atoms with E-state index >= 15 is 0 Å². The van der Waals surface area contributed by atoms with E-state index in [1.165, 1.54) is 70.0 Å². The zero-order valence-electron chi connectivity index (χ0n) is 16.3. The molecule has 1 aromatic rings. The highest BCUT2D eigenvalue weighted by atomic mass is 16.2. The first kappa shape index (κ1) is 18.0. The molecule has 0 radical (unpaired) electrons. The lowest BCUT2D eigenvalue weighted by Crippen LogP contribution is -2.46. The van der Waals surface area contributed by atoms with Crippen molar-refractivity contribution in [3.05, 3.63) is 35.9 Å². The van der Waals surface area contributed by atoms with Crippen LogP contribution in [0.5, 0.6) is 0 Å². The second-order valence-electron chi connectivity index (χ2n) is 9.02. The number of rotatable bonds is 3. The van der Waals surface area contributed by atoms with Gasteiger partial charge in [0, 0.05) is 25.6 Å². The van der Waals surface area contributed by atoms with E-state index in [4.69, 9.17) is 0 Å². The summed E-state index contributed by atoms with van der Waals surface area (Å²) in [6, 6.07) is 11.9. The first-order chi connectivity index (χ1) is 12.7. The smallest absolute Gasteiger partial charge is 0.219 e. The van der Waals surface area contributed by atoms with E-state index in [9.17, 15) is 4.79 Å². The molecule has 1 aliphatic carbocycles. The Morgan fingerprint density at radius 1 is 1.08 bits per heavy atom. The Kier molecular flexibility index (Phi) is 5.35. The number of carbonyl (C=O) groups is 1. The minimum atomic E-state index is 0.262. The molecule has 1 aromatic carbocycles. The Morgan fingerprint density at radius 2 is 1.77 bits per heavy atom. The Morgan fingerprint density at radius 3 is 2.42 bits per heavy atom. The van der Waals surface area contributed by atoms with Gasteiger partial charge in [0.15, 0.2) is 0 Å². The fourth-order valence-electron chi connectivity index (χ4n) is 5.77. The quantitative estimate of drug-likeness (QED) is 0.809. The van der Waals surface area contributed by atoms with Crippen LogP contribution in [0.15, 0.2) is 30.3 Å². The number of benzene rings is 1. The van der Waals surface area contributed by atoms with Crippen LogP contribution in [0.4, 0.5) is 0 Å². The van der Waals surface area contributed by atoms with Gasteiger partial charge >= 0.3 is 0 Å². The van der Waals surface area contributed by atoms with Crippen molar-refractivity contribution >= 4 is 5.91 Å². The van der Waals surface area contributed by atoms with E-state index in [0.717, 1.165) is 19.0 Å². The van der Waals surface area contributed by atoms with Gasteiger partial charge in [-0.3, -0.25) is 4.79 Å². The van der Waals surface area contributed by atoms with E-state index in [-0.39, 0.29) is 5.91 Å². The van der Waals surface area contributed by atoms with Crippen molar-refractivity contribution in [2.75, 3.05) is 19.6 Å². The number of amides is 1. The van der Waals surface area contributed by atoms with Gasteiger partial charge in [0.05, 0.1) is 0 Å². The van der Waals surface area contributed by atoms with Crippen LogP contribution in [0.3, 0.4) is 0 Å². The maximum Gasteiger partial charge on any atom is 0.219 e. The monoisotopic (exact) mass is 354 g/mol. The SMILES string of the molecule is CC(=O)N1CC2(CCN(C3CCCCC3)CC2)CC1Cc1ccccc1. The topological polar surface area (TPSA) is 23.6 Å². The van der Waals surface area contributed by atoms with Crippen LogP contribution < -0.4 is 0 Å². The summed E-state index contributed by atoms with van der Waals surface area (Å²) in [4.78, 5) is 17.3. The molecule has 1 amide bonds. The summed E-state index contributed by atoms with van der Waals surface area (Å²) < 4.78 is 0. The summed E-state index contributed by atoms with van der Waals surface area (Å²) in [5, 5.41) is 0. The summed E-state index contributed by atoms with van der Waals surface area (Å²) >= 11 is 0. The van der Waals surface area contributed by atoms with Gasteiger partial charge in [-0.05, 0) is 62.6 Å². The van der Waals surface area contributed by atoms with Crippen molar-refractivity contribution in [3.8, 4) is 0 Å². The van der Waals surface area contributed by atoms with Crippen molar-refractivity contribution in [2.45, 2.75) is 76.8 Å². The predicted octanol–water partition coefficient (Wildman–Crippen LogP) is 4.26. The summed E-state index contributed by atoms with van der Waals surface area (Å²) in [5.41, 5.74) is 1.73. The lowest BCUT2D eigenvalue weighted by molar-refractivity contribution is -0.130. The van der Waals surface area contributed by atoms with Gasteiger partial charge in [-0.2, -0.15) is 0 Å². The predicted molar refractivity (Wildman–Crippen MR) is 106 cm³/mol. The Labute approximate surface area is 158 Å². The average Bonchev–Trinajstić information content (AvgIpc) is 3.02. The molecule has 1 spiro atoms. The third-order valence-electron chi connectivity index (χ3n) is 7.28. The van der Waals surface area contributed by atoms with Crippen LogP contribution in [-0.4, -0.2) is 47.4 Å². The lowest BCUT2D eigenvalue weighted by Gasteiger charge is -2.43. The van der Waals surface area contributed by atoms with E-state index in [2.05, 4.69) is 40.1 Å². The number of nitrogens with zero attached hydrogens (tertiary/aromatic N) is 2. The number of piperidine rings is 1. The van der Waals surface area contributed by atoms with Crippen molar-refractivity contribution in [2.24, 2.45) is 5.41 Å². The maximum atomic E-state index is 12.3. The summed E-state index contributed by atoms with van der Waals surface area (Å²) in [6.45, 7) is 5.23. The summed E-state index contributed by atoms with van der Waals surface area (Å²) in [5.74, 6) is 0.262. The van der Waals surface area contributed by atoms with Crippen molar-refractivity contribution in [3.63, 3.8) is 0 Å². The Bertz CT molecular complexity index is 600. The summed E-state index contributed by atoms with van der Waals surface area (Å²) in [6.07, 6.45) is 11.8. The number of carbonyl (C=O) groups excluding carboxylic acids is 1. The first-order valence-electron chi connectivity index (χ1n) is 10.7. The van der Waals surface area contributed by atoms with Gasteiger partial charge in [-0.15, -0.1) is 0 Å². The molecule has 3 heteroatoms. The van der Waals surface area contributed by atoms with E-state index in [1.807, 2.05) is 0 Å². The highest BCUT2D eigenvalue weighted by Gasteiger charge is 2.46. The second kappa shape index (κ2) is 7.72. The van der Waals surface area contributed by atoms with Crippen LogP contribution in [0.2, 0.25) is 0 Å². The molecule has 2 aliphatic heterocycles. The fraction of sp³-hybridized carbons (Fsp3) is 0.696. The molecule has 2 saturated heterocycles. The normalized spacial score (nSPS) is 27.1. The van der Waals surface area contributed by atoms with E-state index < -0.39 is 0 Å². The third-order valence-corrected chi connectivity index (χ3v) is 7.28. The molecule has 0 bridgehead atoms. The number of hydrogen-bond donors (Lipinski definition) is 0. The number of likely N-dealkylation sites (tertiary alicyclic amines) is 2. The van der Waals surface area contributed by atoms with Gasteiger partial charge in [-0.1, -0.05) is 49.6 Å². The van der Waals surface area contributed by atoms with Crippen LogP contribution in [0, 0.1) is 5.41 Å². The molecule has 142 valence electrons. The Hall–Kier alpha value is -1.35. The minimum Gasteiger partial charge on any atom is -0.339 e. The molecule has 26 heavy (non-hydrogen) atoms. The van der Waals surface area contributed by atoms with Gasteiger partial charge < -0.3 is 9.80 Å². The molecule has 0 aromatic heterocycles. The molecule has 3 fully saturated rings. The van der Waals surface area contributed by atoms with Crippen LogP contribution in [0.1, 0.15) is 63.9 Å². The standard InChI is InChI=1S/C23H34N2O/c1-19(26)25-18-23(17-22(25)16-20-8-4-2-5-9-20)12-14-24(15-13-23)21-10-6-3-7-11-21/h2,4-5,8-9,21-22H,3,6-7,10-18H2,1H3. The van der Waals surface area contributed by atoms with Gasteiger partial charge in [0.25, 0.3) is 0 Å². The lowest BCUT2D eigenvalue weighted by atomic mass is 9.75. The molecule has 0 N–H and O–H groups in total. The zero-order valence-corrected chi connectivity index (χ0v) is 16.3. The van der Waals surface area contributed by atoms with Crippen LogP contribution in [0.25, 0.3) is 0 Å². The van der Waals surface area contributed by atoms with Crippen LogP contribution in [-0.2, 0) is 11.2 Å². The molecule has 1 atom stereocenters. The molecular weight excluding hydrogens is 320 g/mol. The van der Waals surface area contributed by atoms with Gasteiger partial charge in [0.2, 0.25) is 5.91 Å². The highest BCUT2D eigenvalue weighted by Crippen LogP contribution is 2.45. The van der Waals surface area contributed by atoms with Gasteiger partial charge in [-0.25, -0.2) is 0 Å². The molecule has 3 nitrogen and oxygen atoms in total. The molecular formula is C23H34N2O. The largest absolute Gasteiger partial charge is 0.339 e. The van der Waals surface area contributed by atoms with Gasteiger partial charge in [0.1, 0.15) is 0 Å². The minimum absolute atomic E-state index is 0.262. The van der Waals surface area contributed by atoms with Crippen LogP contribution >= 0.6 is 0 Å². The molecule has 1 saturated carbocycles. The second-order valence-corrected chi connectivity index (χ2v) is 9.02. The Balaban J connectivity index is 1.40. The van der Waals surface area contributed by atoms with Crippen molar-refractivity contribution in [1.82, 2.24) is 9.80 Å². The zero-order chi connectivity index (χ0) is 18.0. The fourth-order valence-corrected chi connectivity index (χ4v) is 5.77. The summed E-state index contributed by atoms with van der Waals surface area (Å²) in [7, 11) is 0. The molecule has 3 aliphatic rings.